The molecule has 1 saturated heterocycles. The van der Waals surface area contributed by atoms with Crippen LogP contribution in [0.25, 0.3) is 0 Å². The summed E-state index contributed by atoms with van der Waals surface area (Å²) >= 11 is 1.66. The highest BCUT2D eigenvalue weighted by Gasteiger charge is 2.42. The van der Waals surface area contributed by atoms with Gasteiger partial charge in [0.1, 0.15) is 0 Å². The van der Waals surface area contributed by atoms with Crippen LogP contribution in [0.15, 0.2) is 0 Å². The Labute approximate surface area is 89.2 Å². The van der Waals surface area contributed by atoms with Crippen LogP contribution >= 0.6 is 11.8 Å². The maximum atomic E-state index is 11.1. The average molecular weight is 218 g/mol. The minimum Gasteiger partial charge on any atom is -0.479 e. The first-order valence-corrected chi connectivity index (χ1v) is 6.17. The molecule has 1 aliphatic heterocycles. The predicted molar refractivity (Wildman–Crippen MR) is 57.7 cm³/mol. The number of aliphatic carboxylic acids is 1. The monoisotopic (exact) mass is 218 g/mol. The van der Waals surface area contributed by atoms with E-state index in [2.05, 4.69) is 13.8 Å². The van der Waals surface area contributed by atoms with Gasteiger partial charge >= 0.3 is 5.97 Å². The molecule has 82 valence electrons. The van der Waals surface area contributed by atoms with Gasteiger partial charge in [-0.05, 0) is 24.5 Å². The second kappa shape index (κ2) is 5.03. The third-order valence-electron chi connectivity index (χ3n) is 2.45. The quantitative estimate of drug-likeness (QED) is 0.766. The van der Waals surface area contributed by atoms with Gasteiger partial charge in [-0.1, -0.05) is 13.8 Å². The van der Waals surface area contributed by atoms with E-state index in [4.69, 9.17) is 9.84 Å². The van der Waals surface area contributed by atoms with Crippen molar-refractivity contribution in [1.29, 1.82) is 0 Å². The predicted octanol–water partition coefficient (Wildman–Crippen LogP) is 2.01. The van der Waals surface area contributed by atoms with Crippen LogP contribution in [0.4, 0.5) is 0 Å². The fourth-order valence-electron chi connectivity index (χ4n) is 1.38. The van der Waals surface area contributed by atoms with E-state index in [1.54, 1.807) is 11.8 Å². The van der Waals surface area contributed by atoms with Crippen molar-refractivity contribution in [2.24, 2.45) is 5.92 Å². The van der Waals surface area contributed by atoms with Gasteiger partial charge in [0.05, 0.1) is 0 Å². The van der Waals surface area contributed by atoms with Crippen molar-refractivity contribution in [1.82, 2.24) is 0 Å². The molecule has 0 aromatic heterocycles. The summed E-state index contributed by atoms with van der Waals surface area (Å²) in [5, 5.41) is 9.09. The summed E-state index contributed by atoms with van der Waals surface area (Å²) in [7, 11) is 0. The van der Waals surface area contributed by atoms with Gasteiger partial charge in [0, 0.05) is 12.4 Å². The lowest BCUT2D eigenvalue weighted by Crippen LogP contribution is -2.42. The Morgan fingerprint density at radius 1 is 1.64 bits per heavy atom. The molecule has 4 heteroatoms. The molecule has 14 heavy (non-hydrogen) atoms. The van der Waals surface area contributed by atoms with Crippen LogP contribution in [0, 0.1) is 5.92 Å². The molecule has 3 nitrogen and oxygen atoms in total. The zero-order valence-corrected chi connectivity index (χ0v) is 9.60. The van der Waals surface area contributed by atoms with Gasteiger partial charge in [-0.25, -0.2) is 4.79 Å². The molecule has 0 bridgehead atoms. The molecule has 1 heterocycles. The van der Waals surface area contributed by atoms with Gasteiger partial charge in [0.25, 0.3) is 0 Å². The molecule has 1 rings (SSSR count). The van der Waals surface area contributed by atoms with Gasteiger partial charge in [-0.2, -0.15) is 11.8 Å². The van der Waals surface area contributed by atoms with E-state index in [0.717, 1.165) is 12.2 Å². The van der Waals surface area contributed by atoms with Crippen LogP contribution in [0.3, 0.4) is 0 Å². The second-order valence-electron chi connectivity index (χ2n) is 4.13. The summed E-state index contributed by atoms with van der Waals surface area (Å²) in [4.78, 5) is 11.1. The number of carboxylic acids is 1. The summed E-state index contributed by atoms with van der Waals surface area (Å²) in [5.41, 5.74) is -0.889. The molecular weight excluding hydrogens is 200 g/mol. The fourth-order valence-corrected chi connectivity index (χ4v) is 2.68. The minimum atomic E-state index is -0.889. The van der Waals surface area contributed by atoms with Gasteiger partial charge in [-0.15, -0.1) is 0 Å². The fraction of sp³-hybridized carbons (Fsp3) is 0.900. The molecule has 0 aliphatic carbocycles. The van der Waals surface area contributed by atoms with Gasteiger partial charge < -0.3 is 9.84 Å². The van der Waals surface area contributed by atoms with Crippen LogP contribution in [0.5, 0.6) is 0 Å². The molecule has 1 unspecified atom stereocenters. The summed E-state index contributed by atoms with van der Waals surface area (Å²) in [6, 6.07) is 0. The smallest absolute Gasteiger partial charge is 0.336 e. The van der Waals surface area contributed by atoms with E-state index in [1.807, 2.05) is 0 Å². The lowest BCUT2D eigenvalue weighted by molar-refractivity contribution is -0.162. The molecular formula is C10H18O3S. The number of carbonyl (C=O) groups is 1. The zero-order chi connectivity index (χ0) is 10.6. The summed E-state index contributed by atoms with van der Waals surface area (Å²) < 4.78 is 5.54. The van der Waals surface area contributed by atoms with Gasteiger partial charge in [0.2, 0.25) is 0 Å². The molecule has 1 atom stereocenters. The molecule has 0 aromatic carbocycles. The molecule has 0 saturated carbocycles. The molecule has 1 N–H and O–H groups in total. The topological polar surface area (TPSA) is 46.5 Å². The highest BCUT2D eigenvalue weighted by Crippen LogP contribution is 2.31. The van der Waals surface area contributed by atoms with Crippen LogP contribution in [0.2, 0.25) is 0 Å². The van der Waals surface area contributed by atoms with Crippen molar-refractivity contribution < 1.29 is 14.6 Å². The van der Waals surface area contributed by atoms with Crippen LogP contribution in [-0.4, -0.2) is 34.8 Å². The number of hydrogen-bond donors (Lipinski definition) is 1. The number of carboxylic acid groups (broad SMARTS) is 1. The van der Waals surface area contributed by atoms with Crippen molar-refractivity contribution in [2.75, 3.05) is 18.1 Å². The maximum Gasteiger partial charge on any atom is 0.336 e. The largest absolute Gasteiger partial charge is 0.479 e. The van der Waals surface area contributed by atoms with Crippen molar-refractivity contribution in [2.45, 2.75) is 32.3 Å². The van der Waals surface area contributed by atoms with E-state index in [9.17, 15) is 4.79 Å². The molecule has 0 spiro atoms. The van der Waals surface area contributed by atoms with Crippen molar-refractivity contribution in [3.8, 4) is 0 Å². The van der Waals surface area contributed by atoms with E-state index in [0.29, 0.717) is 24.7 Å². The minimum absolute atomic E-state index is 0.560. The summed E-state index contributed by atoms with van der Waals surface area (Å²) in [6.07, 6.45) is 1.57. The normalized spacial score (nSPS) is 27.1. The standard InChI is InChI=1S/C10H18O3S/c1-8(2)3-5-13-10(9(11)12)4-6-14-7-10/h8H,3-7H2,1-2H3,(H,11,12). The number of thioether (sulfide) groups is 1. The number of ether oxygens (including phenoxy) is 1. The first kappa shape index (κ1) is 11.9. The Bertz CT molecular complexity index is 198. The highest BCUT2D eigenvalue weighted by atomic mass is 32.2. The first-order valence-electron chi connectivity index (χ1n) is 5.02. The van der Waals surface area contributed by atoms with E-state index < -0.39 is 11.6 Å². The third-order valence-corrected chi connectivity index (χ3v) is 3.61. The summed E-state index contributed by atoms with van der Waals surface area (Å²) in [6.45, 7) is 4.78. The molecule has 0 aromatic rings. The number of rotatable bonds is 5. The summed E-state index contributed by atoms with van der Waals surface area (Å²) in [5.74, 6) is 1.26. The first-order chi connectivity index (χ1) is 6.57. The lowest BCUT2D eigenvalue weighted by atomic mass is 10.0. The van der Waals surface area contributed by atoms with E-state index in [1.165, 1.54) is 0 Å². The van der Waals surface area contributed by atoms with Crippen molar-refractivity contribution >= 4 is 17.7 Å². The highest BCUT2D eigenvalue weighted by molar-refractivity contribution is 7.99. The van der Waals surface area contributed by atoms with Crippen molar-refractivity contribution in [3.63, 3.8) is 0 Å². The average Bonchev–Trinajstić information content (AvgIpc) is 2.53. The van der Waals surface area contributed by atoms with Crippen LogP contribution in [-0.2, 0) is 9.53 Å². The molecule has 1 aliphatic rings. The Kier molecular flexibility index (Phi) is 4.26. The van der Waals surface area contributed by atoms with Crippen LogP contribution in [0.1, 0.15) is 26.7 Å². The van der Waals surface area contributed by atoms with Crippen molar-refractivity contribution in [3.05, 3.63) is 0 Å². The molecule has 0 radical (unpaired) electrons. The Hall–Kier alpha value is -0.220. The maximum absolute atomic E-state index is 11.1. The van der Waals surface area contributed by atoms with E-state index in [-0.39, 0.29) is 0 Å². The van der Waals surface area contributed by atoms with Gasteiger partial charge in [0.15, 0.2) is 5.60 Å². The number of hydrogen-bond acceptors (Lipinski definition) is 3. The zero-order valence-electron chi connectivity index (χ0n) is 8.78. The molecule has 0 amide bonds. The Balaban J connectivity index is 2.40. The molecule has 1 fully saturated rings. The van der Waals surface area contributed by atoms with E-state index >= 15 is 0 Å². The van der Waals surface area contributed by atoms with Gasteiger partial charge in [-0.3, -0.25) is 0 Å². The van der Waals surface area contributed by atoms with Crippen LogP contribution < -0.4 is 0 Å². The lowest BCUT2D eigenvalue weighted by Gasteiger charge is -2.23. The second-order valence-corrected chi connectivity index (χ2v) is 5.24. The third kappa shape index (κ3) is 2.89. The Morgan fingerprint density at radius 3 is 2.79 bits per heavy atom. The Morgan fingerprint density at radius 2 is 2.36 bits per heavy atom. The SMILES string of the molecule is CC(C)CCOC1(C(=O)O)CCSC1.